The van der Waals surface area contributed by atoms with Crippen LogP contribution in [0.2, 0.25) is 0 Å². The Kier molecular flexibility index (Phi) is 4.31. The number of hydrogen-bond donors (Lipinski definition) is 1. The summed E-state index contributed by atoms with van der Waals surface area (Å²) >= 11 is 0. The van der Waals surface area contributed by atoms with E-state index in [9.17, 15) is 0 Å². The van der Waals surface area contributed by atoms with E-state index in [-0.39, 0.29) is 0 Å². The number of likely N-dealkylation sites (N-methyl/N-ethyl adjacent to an activating group) is 1. The van der Waals surface area contributed by atoms with Gasteiger partial charge >= 0.3 is 0 Å². The van der Waals surface area contributed by atoms with Gasteiger partial charge in [0.25, 0.3) is 0 Å². The van der Waals surface area contributed by atoms with Crippen molar-refractivity contribution in [2.45, 2.75) is 19.9 Å². The fourth-order valence-corrected chi connectivity index (χ4v) is 2.68. The molecule has 1 N–H and O–H groups in total. The van der Waals surface area contributed by atoms with Gasteiger partial charge in [-0.25, -0.2) is 4.98 Å². The molecular weight excluding hydrogens is 258 g/mol. The number of nitrogens with zero attached hydrogens (tertiary/aromatic N) is 2. The van der Waals surface area contributed by atoms with Crippen molar-refractivity contribution >= 4 is 11.0 Å². The molecule has 0 saturated carbocycles. The molecule has 0 amide bonds. The highest BCUT2D eigenvalue weighted by Crippen LogP contribution is 2.16. The van der Waals surface area contributed by atoms with Gasteiger partial charge in [-0.05, 0) is 42.8 Å². The highest BCUT2D eigenvalue weighted by molar-refractivity contribution is 5.75. The van der Waals surface area contributed by atoms with Crippen LogP contribution in [0.3, 0.4) is 0 Å². The molecule has 0 aliphatic carbocycles. The monoisotopic (exact) mass is 279 g/mol. The van der Waals surface area contributed by atoms with Crippen LogP contribution in [0.5, 0.6) is 0 Å². The fraction of sp³-hybridized carbons (Fsp3) is 0.278. The molecule has 0 bridgehead atoms. The van der Waals surface area contributed by atoms with Crippen LogP contribution in [0.4, 0.5) is 0 Å². The Morgan fingerprint density at radius 1 is 1.00 bits per heavy atom. The summed E-state index contributed by atoms with van der Waals surface area (Å²) in [5, 5.41) is 3.39. The Hall–Kier alpha value is -2.13. The van der Waals surface area contributed by atoms with Crippen LogP contribution in [-0.2, 0) is 13.0 Å². The van der Waals surface area contributed by atoms with Gasteiger partial charge in [-0.3, -0.25) is 0 Å². The summed E-state index contributed by atoms with van der Waals surface area (Å²) in [5.74, 6) is 0. The van der Waals surface area contributed by atoms with Crippen molar-refractivity contribution in [1.82, 2.24) is 14.9 Å². The van der Waals surface area contributed by atoms with E-state index in [1.165, 1.54) is 16.6 Å². The zero-order valence-electron chi connectivity index (χ0n) is 12.4. The third-order valence-electron chi connectivity index (χ3n) is 3.81. The van der Waals surface area contributed by atoms with E-state index < -0.39 is 0 Å². The van der Waals surface area contributed by atoms with Crippen LogP contribution in [-0.4, -0.2) is 22.6 Å². The molecule has 0 aliphatic rings. The van der Waals surface area contributed by atoms with Crippen molar-refractivity contribution < 1.29 is 0 Å². The van der Waals surface area contributed by atoms with E-state index >= 15 is 0 Å². The van der Waals surface area contributed by atoms with Gasteiger partial charge in [-0.2, -0.15) is 0 Å². The van der Waals surface area contributed by atoms with E-state index in [1.54, 1.807) is 0 Å². The molecule has 0 aliphatic heterocycles. The van der Waals surface area contributed by atoms with E-state index in [1.807, 2.05) is 12.4 Å². The standard InChI is InChI=1S/C18H21N3/c1-2-19-12-11-15-7-3-4-8-16(15)13-21-14-20-17-9-5-6-10-18(17)21/h3-10,14,19H,2,11-13H2,1H3. The van der Waals surface area contributed by atoms with Crippen molar-refractivity contribution in [3.05, 3.63) is 66.0 Å². The summed E-state index contributed by atoms with van der Waals surface area (Å²) in [6, 6.07) is 17.0. The van der Waals surface area contributed by atoms with Crippen molar-refractivity contribution in [2.75, 3.05) is 13.1 Å². The normalized spacial score (nSPS) is 11.1. The van der Waals surface area contributed by atoms with Crippen LogP contribution in [0, 0.1) is 0 Å². The highest BCUT2D eigenvalue weighted by atomic mass is 15.0. The minimum atomic E-state index is 0.878. The first-order valence-corrected chi connectivity index (χ1v) is 7.56. The molecule has 3 rings (SSSR count). The smallest absolute Gasteiger partial charge is 0.0961 e. The van der Waals surface area contributed by atoms with Crippen LogP contribution in [0.1, 0.15) is 18.1 Å². The summed E-state index contributed by atoms with van der Waals surface area (Å²) < 4.78 is 2.22. The average Bonchev–Trinajstić information content (AvgIpc) is 2.93. The van der Waals surface area contributed by atoms with Crippen molar-refractivity contribution in [3.63, 3.8) is 0 Å². The Balaban J connectivity index is 1.84. The minimum Gasteiger partial charge on any atom is -0.326 e. The predicted octanol–water partition coefficient (Wildman–Crippen LogP) is 3.24. The first kappa shape index (κ1) is 13.8. The van der Waals surface area contributed by atoms with Crippen molar-refractivity contribution in [1.29, 1.82) is 0 Å². The summed E-state index contributed by atoms with van der Waals surface area (Å²) in [6.45, 7) is 5.07. The minimum absolute atomic E-state index is 0.878. The lowest BCUT2D eigenvalue weighted by Gasteiger charge is -2.11. The van der Waals surface area contributed by atoms with Gasteiger partial charge in [-0.1, -0.05) is 43.3 Å². The Morgan fingerprint density at radius 3 is 2.62 bits per heavy atom. The second-order valence-electron chi connectivity index (χ2n) is 5.23. The molecular formula is C18H21N3. The van der Waals surface area contributed by atoms with E-state index in [0.29, 0.717) is 0 Å². The number of nitrogens with one attached hydrogen (secondary N) is 1. The van der Waals surface area contributed by atoms with Crippen molar-refractivity contribution in [2.24, 2.45) is 0 Å². The van der Waals surface area contributed by atoms with E-state index in [4.69, 9.17) is 0 Å². The molecule has 0 saturated heterocycles. The summed E-state index contributed by atoms with van der Waals surface area (Å²) in [5.41, 5.74) is 5.04. The van der Waals surface area contributed by atoms with Gasteiger partial charge in [0.1, 0.15) is 0 Å². The number of benzene rings is 2. The molecule has 1 heterocycles. The lowest BCUT2D eigenvalue weighted by Crippen LogP contribution is -2.17. The van der Waals surface area contributed by atoms with Crippen molar-refractivity contribution in [3.8, 4) is 0 Å². The van der Waals surface area contributed by atoms with Gasteiger partial charge in [-0.15, -0.1) is 0 Å². The van der Waals surface area contributed by atoms with E-state index in [2.05, 4.69) is 64.3 Å². The predicted molar refractivity (Wildman–Crippen MR) is 87.5 cm³/mol. The van der Waals surface area contributed by atoms with Crippen LogP contribution in [0.25, 0.3) is 11.0 Å². The third kappa shape index (κ3) is 3.14. The summed E-state index contributed by atoms with van der Waals surface area (Å²) in [7, 11) is 0. The third-order valence-corrected chi connectivity index (χ3v) is 3.81. The number of imidazole rings is 1. The molecule has 0 fully saturated rings. The zero-order chi connectivity index (χ0) is 14.5. The molecule has 3 nitrogen and oxygen atoms in total. The Morgan fingerprint density at radius 2 is 1.76 bits per heavy atom. The SMILES string of the molecule is CCNCCc1ccccc1Cn1cnc2ccccc21. The topological polar surface area (TPSA) is 29.9 Å². The molecule has 3 aromatic rings. The number of fused-ring (bicyclic) bond motifs is 1. The maximum Gasteiger partial charge on any atom is 0.0961 e. The Bertz CT molecular complexity index is 715. The first-order valence-electron chi connectivity index (χ1n) is 7.56. The molecule has 2 aromatic carbocycles. The molecule has 0 atom stereocenters. The second kappa shape index (κ2) is 6.55. The van der Waals surface area contributed by atoms with Gasteiger partial charge in [0, 0.05) is 6.54 Å². The molecule has 0 spiro atoms. The first-order chi connectivity index (χ1) is 10.4. The second-order valence-corrected chi connectivity index (χ2v) is 5.23. The largest absolute Gasteiger partial charge is 0.326 e. The van der Waals surface area contributed by atoms with Crippen LogP contribution < -0.4 is 5.32 Å². The fourth-order valence-electron chi connectivity index (χ4n) is 2.68. The molecule has 108 valence electrons. The molecule has 0 unspecified atom stereocenters. The molecule has 1 aromatic heterocycles. The zero-order valence-corrected chi connectivity index (χ0v) is 12.4. The van der Waals surface area contributed by atoms with Gasteiger partial charge < -0.3 is 9.88 Å². The lowest BCUT2D eigenvalue weighted by atomic mass is 10.0. The number of aromatic nitrogens is 2. The maximum atomic E-state index is 4.47. The van der Waals surface area contributed by atoms with Gasteiger partial charge in [0.05, 0.1) is 17.4 Å². The highest BCUT2D eigenvalue weighted by Gasteiger charge is 2.05. The molecule has 0 radical (unpaired) electrons. The maximum absolute atomic E-state index is 4.47. The van der Waals surface area contributed by atoms with Crippen LogP contribution in [0.15, 0.2) is 54.9 Å². The van der Waals surface area contributed by atoms with E-state index in [0.717, 1.165) is 31.6 Å². The summed E-state index contributed by atoms with van der Waals surface area (Å²) in [4.78, 5) is 4.47. The lowest BCUT2D eigenvalue weighted by molar-refractivity contribution is 0.708. The summed E-state index contributed by atoms with van der Waals surface area (Å²) in [6.07, 6.45) is 3.00. The molecule has 3 heteroatoms. The van der Waals surface area contributed by atoms with Gasteiger partial charge in [0.15, 0.2) is 0 Å². The van der Waals surface area contributed by atoms with Gasteiger partial charge in [0.2, 0.25) is 0 Å². The average molecular weight is 279 g/mol. The van der Waals surface area contributed by atoms with Crippen LogP contribution >= 0.6 is 0 Å². The number of hydrogen-bond acceptors (Lipinski definition) is 2. The Labute approximate surface area is 125 Å². The molecule has 21 heavy (non-hydrogen) atoms. The quantitative estimate of drug-likeness (QED) is 0.702. The number of rotatable bonds is 6. The number of para-hydroxylation sites is 2.